The monoisotopic (exact) mass is 261 g/mol. The van der Waals surface area contributed by atoms with Crippen molar-refractivity contribution in [3.8, 4) is 0 Å². The van der Waals surface area contributed by atoms with E-state index in [1.807, 2.05) is 18.7 Å². The molecule has 2 aliphatic rings. The van der Waals surface area contributed by atoms with Crippen molar-refractivity contribution in [2.24, 2.45) is 24.6 Å². The molecule has 0 spiro atoms. The van der Waals surface area contributed by atoms with Crippen LogP contribution >= 0.6 is 0 Å². The number of nitrogen functional groups attached to an aromatic ring is 1. The molecule has 2 fully saturated rings. The van der Waals surface area contributed by atoms with Crippen molar-refractivity contribution in [1.29, 1.82) is 5.41 Å². The first-order valence-electron chi connectivity index (χ1n) is 7.19. The van der Waals surface area contributed by atoms with Crippen molar-refractivity contribution < 1.29 is 0 Å². The average Bonchev–Trinajstić information content (AvgIpc) is 3.20. The zero-order valence-corrected chi connectivity index (χ0v) is 11.8. The summed E-state index contributed by atoms with van der Waals surface area (Å²) in [6.07, 6.45) is 5.36. The van der Waals surface area contributed by atoms with Gasteiger partial charge in [0.1, 0.15) is 11.7 Å². The van der Waals surface area contributed by atoms with Gasteiger partial charge in [-0.05, 0) is 44.4 Å². The molecular weight excluding hydrogens is 238 g/mol. The molecule has 0 bridgehead atoms. The number of nitrogens with zero attached hydrogens (tertiary/aromatic N) is 3. The van der Waals surface area contributed by atoms with Crippen LogP contribution in [0.1, 0.15) is 36.9 Å². The van der Waals surface area contributed by atoms with Gasteiger partial charge < -0.3 is 10.6 Å². The first kappa shape index (κ1) is 12.5. The average molecular weight is 261 g/mol. The number of amidine groups is 1. The van der Waals surface area contributed by atoms with Crippen molar-refractivity contribution >= 4 is 11.7 Å². The number of nitrogens with one attached hydrogen (secondary N) is 1. The Bertz CT molecular complexity index is 482. The van der Waals surface area contributed by atoms with Crippen LogP contribution in [-0.2, 0) is 7.05 Å². The Morgan fingerprint density at radius 1 is 1.32 bits per heavy atom. The van der Waals surface area contributed by atoms with Crippen LogP contribution in [0, 0.1) is 24.2 Å². The molecular formula is C14H23N5. The van der Waals surface area contributed by atoms with Crippen LogP contribution in [0.4, 0.5) is 5.82 Å². The molecule has 0 aliphatic heterocycles. The molecule has 0 unspecified atom stereocenters. The van der Waals surface area contributed by atoms with Gasteiger partial charge in [-0.3, -0.25) is 10.1 Å². The lowest BCUT2D eigenvalue weighted by atomic mass is 10.2. The van der Waals surface area contributed by atoms with E-state index in [-0.39, 0.29) is 5.84 Å². The number of hydrogen-bond donors (Lipinski definition) is 2. The minimum absolute atomic E-state index is 0.136. The van der Waals surface area contributed by atoms with Crippen molar-refractivity contribution in [2.75, 3.05) is 18.0 Å². The van der Waals surface area contributed by atoms with Gasteiger partial charge in [0, 0.05) is 20.1 Å². The number of aryl methyl sites for hydroxylation is 2. The van der Waals surface area contributed by atoms with E-state index in [2.05, 4.69) is 10.00 Å². The maximum Gasteiger partial charge on any atom is 0.137 e. The van der Waals surface area contributed by atoms with Gasteiger partial charge in [0.2, 0.25) is 0 Å². The SMILES string of the molecule is Cc1nn(C)c(N(CC2CC2)CC2CC2)c1C(=N)N. The number of hydrogen-bond acceptors (Lipinski definition) is 3. The Morgan fingerprint density at radius 2 is 1.84 bits per heavy atom. The molecule has 0 radical (unpaired) electrons. The maximum absolute atomic E-state index is 7.82. The molecule has 5 nitrogen and oxygen atoms in total. The normalized spacial score (nSPS) is 18.6. The van der Waals surface area contributed by atoms with Crippen molar-refractivity contribution in [2.45, 2.75) is 32.6 Å². The standard InChI is InChI=1S/C14H23N5/c1-9-12(13(15)16)14(18(2)17-9)19(7-10-3-4-10)8-11-5-6-11/h10-11H,3-8H2,1-2H3,(H3,15,16). The fraction of sp³-hybridized carbons (Fsp3) is 0.714. The molecule has 1 aromatic rings. The van der Waals surface area contributed by atoms with E-state index < -0.39 is 0 Å². The second-order valence-electron chi connectivity index (χ2n) is 6.11. The smallest absolute Gasteiger partial charge is 0.137 e. The first-order valence-corrected chi connectivity index (χ1v) is 7.19. The summed E-state index contributed by atoms with van der Waals surface area (Å²) in [5.74, 6) is 2.84. The molecule has 0 saturated heterocycles. The van der Waals surface area contributed by atoms with Crippen LogP contribution in [0.5, 0.6) is 0 Å². The number of rotatable bonds is 6. The van der Waals surface area contributed by atoms with E-state index in [0.29, 0.717) is 0 Å². The van der Waals surface area contributed by atoms with Crippen LogP contribution < -0.4 is 10.6 Å². The first-order chi connectivity index (χ1) is 9.06. The molecule has 3 N–H and O–H groups in total. The largest absolute Gasteiger partial charge is 0.384 e. The lowest BCUT2D eigenvalue weighted by molar-refractivity contribution is 0.639. The second kappa shape index (κ2) is 4.54. The zero-order valence-electron chi connectivity index (χ0n) is 11.8. The van der Waals surface area contributed by atoms with Gasteiger partial charge >= 0.3 is 0 Å². The van der Waals surface area contributed by atoms with Gasteiger partial charge in [-0.2, -0.15) is 5.10 Å². The number of nitrogens with two attached hydrogens (primary N) is 1. The van der Waals surface area contributed by atoms with Gasteiger partial charge in [0.05, 0.1) is 11.3 Å². The van der Waals surface area contributed by atoms with Gasteiger partial charge in [-0.1, -0.05) is 0 Å². The molecule has 19 heavy (non-hydrogen) atoms. The molecule has 5 heteroatoms. The summed E-state index contributed by atoms with van der Waals surface area (Å²) in [4.78, 5) is 2.42. The zero-order chi connectivity index (χ0) is 13.6. The van der Waals surface area contributed by atoms with Crippen molar-refractivity contribution in [3.63, 3.8) is 0 Å². The van der Waals surface area contributed by atoms with E-state index in [1.54, 1.807) is 0 Å². The van der Waals surface area contributed by atoms with Gasteiger partial charge in [-0.25, -0.2) is 0 Å². The summed E-state index contributed by atoms with van der Waals surface area (Å²) in [5, 5.41) is 12.3. The van der Waals surface area contributed by atoms with Crippen LogP contribution in [0.25, 0.3) is 0 Å². The molecule has 1 heterocycles. The molecule has 2 aliphatic carbocycles. The van der Waals surface area contributed by atoms with Crippen LogP contribution in [-0.4, -0.2) is 28.7 Å². The minimum atomic E-state index is 0.136. The Hall–Kier alpha value is -1.52. The lowest BCUT2D eigenvalue weighted by Crippen LogP contribution is -2.32. The van der Waals surface area contributed by atoms with E-state index >= 15 is 0 Å². The van der Waals surface area contributed by atoms with Gasteiger partial charge in [0.25, 0.3) is 0 Å². The topological polar surface area (TPSA) is 70.9 Å². The third-order valence-corrected chi connectivity index (χ3v) is 4.11. The predicted molar refractivity (Wildman–Crippen MR) is 76.6 cm³/mol. The highest BCUT2D eigenvalue weighted by molar-refractivity contribution is 6.00. The Morgan fingerprint density at radius 3 is 2.26 bits per heavy atom. The fourth-order valence-electron chi connectivity index (χ4n) is 2.80. The molecule has 3 rings (SSSR count). The van der Waals surface area contributed by atoms with Crippen molar-refractivity contribution in [3.05, 3.63) is 11.3 Å². The number of aromatic nitrogens is 2. The lowest BCUT2D eigenvalue weighted by Gasteiger charge is -2.26. The summed E-state index contributed by atoms with van der Waals surface area (Å²) in [7, 11) is 1.96. The Labute approximate surface area is 114 Å². The van der Waals surface area contributed by atoms with Gasteiger partial charge in [-0.15, -0.1) is 0 Å². The van der Waals surface area contributed by atoms with Crippen LogP contribution in [0.2, 0.25) is 0 Å². The predicted octanol–water partition coefficient (Wildman–Crippen LogP) is 1.64. The number of anilines is 1. The highest BCUT2D eigenvalue weighted by Crippen LogP contribution is 2.36. The third-order valence-electron chi connectivity index (χ3n) is 4.11. The molecule has 0 aromatic carbocycles. The maximum atomic E-state index is 7.82. The van der Waals surface area contributed by atoms with E-state index in [4.69, 9.17) is 11.1 Å². The molecule has 2 saturated carbocycles. The minimum Gasteiger partial charge on any atom is -0.384 e. The van der Waals surface area contributed by atoms with E-state index in [0.717, 1.165) is 42.0 Å². The van der Waals surface area contributed by atoms with Crippen LogP contribution in [0.15, 0.2) is 0 Å². The summed E-state index contributed by atoms with van der Waals surface area (Å²) < 4.78 is 1.90. The molecule has 0 atom stereocenters. The highest BCUT2D eigenvalue weighted by atomic mass is 15.4. The summed E-state index contributed by atoms with van der Waals surface area (Å²) in [6, 6.07) is 0. The van der Waals surface area contributed by atoms with Crippen LogP contribution in [0.3, 0.4) is 0 Å². The Kier molecular flexibility index (Phi) is 2.99. The van der Waals surface area contributed by atoms with Crippen molar-refractivity contribution in [1.82, 2.24) is 9.78 Å². The summed E-state index contributed by atoms with van der Waals surface area (Å²) in [5.41, 5.74) is 7.45. The molecule has 0 amide bonds. The quantitative estimate of drug-likeness (QED) is 0.604. The highest BCUT2D eigenvalue weighted by Gasteiger charge is 2.32. The summed E-state index contributed by atoms with van der Waals surface area (Å²) >= 11 is 0. The van der Waals surface area contributed by atoms with E-state index in [1.165, 1.54) is 25.7 Å². The third kappa shape index (κ3) is 2.60. The van der Waals surface area contributed by atoms with E-state index in [9.17, 15) is 0 Å². The summed E-state index contributed by atoms with van der Waals surface area (Å²) in [6.45, 7) is 4.12. The second-order valence-corrected chi connectivity index (χ2v) is 6.11. The Balaban J connectivity index is 1.92. The molecule has 104 valence electrons. The van der Waals surface area contributed by atoms with Gasteiger partial charge in [0.15, 0.2) is 0 Å². The molecule has 1 aromatic heterocycles. The fourth-order valence-corrected chi connectivity index (χ4v) is 2.80.